The molecule has 7 atom stereocenters. The summed E-state index contributed by atoms with van der Waals surface area (Å²) in [6.45, 7) is 12.6. The molecule has 0 radical (unpaired) electrons. The van der Waals surface area contributed by atoms with Gasteiger partial charge in [-0.25, -0.2) is 9.36 Å². The molecule has 0 aromatic carbocycles. The molecule has 6 N–H and O–H groups in total. The number of aliphatic hydroxyl groups is 1. The van der Waals surface area contributed by atoms with Crippen molar-refractivity contribution in [3.8, 4) is 0 Å². The number of hydrogen-bond acceptors (Lipinski definition) is 13. The monoisotopic (exact) mass is 1270 g/mol. The zero-order chi connectivity index (χ0) is 64.7. The molecule has 2 amide bonds. The van der Waals surface area contributed by atoms with Crippen molar-refractivity contribution >= 4 is 31.6 Å². The van der Waals surface area contributed by atoms with Crippen LogP contribution in [0.25, 0.3) is 0 Å². The summed E-state index contributed by atoms with van der Waals surface area (Å²) in [5.41, 5.74) is -0.421. The SMILES string of the molecule is CCCCCCCCCCC[C@H](CC(=O)NC1=C(OC(=O)C[C@@H](CCCCCCCCCCC)OCCCCCC)[C@H](OP(=O)(O)O)C(CO)O[C@H]1OC[C@H](NC(=O)C[C@@H](CCCCCCCCCCC)OCCCCCC)C(=O)O)OCCCCCC. The van der Waals surface area contributed by atoms with Crippen molar-refractivity contribution in [1.82, 2.24) is 10.6 Å². The number of phosphoric ester groups is 1. The van der Waals surface area contributed by atoms with Gasteiger partial charge < -0.3 is 59.1 Å². The van der Waals surface area contributed by atoms with Crippen molar-refractivity contribution in [2.75, 3.05) is 33.0 Å². The second kappa shape index (κ2) is 57.2. The number of ether oxygens (including phenoxy) is 6. The van der Waals surface area contributed by atoms with Crippen LogP contribution in [0.4, 0.5) is 0 Å². The van der Waals surface area contributed by atoms with Gasteiger partial charge >= 0.3 is 19.8 Å². The minimum Gasteiger partial charge on any atom is -0.480 e. The normalized spacial score (nSPS) is 16.8. The van der Waals surface area contributed by atoms with Gasteiger partial charge in [0.2, 0.25) is 18.1 Å². The number of carboxylic acid groups (broad SMARTS) is 1. The number of carboxylic acids is 1. The van der Waals surface area contributed by atoms with E-state index >= 15 is 0 Å². The average Bonchev–Trinajstić information content (AvgIpc) is 3.19. The molecule has 1 aliphatic heterocycles. The van der Waals surface area contributed by atoms with Crippen LogP contribution < -0.4 is 10.6 Å². The topological polar surface area (TPSA) is 255 Å². The summed E-state index contributed by atoms with van der Waals surface area (Å²) in [7, 11) is -5.46. The maximum atomic E-state index is 14.6. The zero-order valence-electron chi connectivity index (χ0n) is 56.5. The lowest BCUT2D eigenvalue weighted by molar-refractivity contribution is -0.203. The molecule has 19 heteroatoms. The summed E-state index contributed by atoms with van der Waals surface area (Å²) >= 11 is 0. The van der Waals surface area contributed by atoms with Gasteiger partial charge in [0.25, 0.3) is 0 Å². The molecule has 18 nitrogen and oxygen atoms in total. The average molecular weight is 1280 g/mol. The van der Waals surface area contributed by atoms with Crippen LogP contribution in [-0.2, 0) is 56.7 Å². The Morgan fingerprint density at radius 3 is 1.18 bits per heavy atom. The first-order valence-electron chi connectivity index (χ1n) is 35.9. The molecule has 0 aromatic rings. The number of phosphoric acid groups is 1. The fourth-order valence-corrected chi connectivity index (χ4v) is 11.7. The predicted molar refractivity (Wildman–Crippen MR) is 350 cm³/mol. The number of amides is 2. The van der Waals surface area contributed by atoms with Crippen molar-refractivity contribution < 1.29 is 76.7 Å². The van der Waals surface area contributed by atoms with E-state index in [2.05, 4.69) is 52.2 Å². The van der Waals surface area contributed by atoms with E-state index in [-0.39, 0.29) is 19.3 Å². The number of nitrogens with one attached hydrogen (secondary N) is 2. The number of rotatable bonds is 64. The Kier molecular flexibility index (Phi) is 54.3. The van der Waals surface area contributed by atoms with Gasteiger partial charge in [-0.3, -0.25) is 18.9 Å². The van der Waals surface area contributed by atoms with Crippen LogP contribution in [0, 0.1) is 0 Å². The van der Waals surface area contributed by atoms with Crippen LogP contribution in [0.5, 0.6) is 0 Å². The highest BCUT2D eigenvalue weighted by Crippen LogP contribution is 2.43. The maximum absolute atomic E-state index is 14.6. The van der Waals surface area contributed by atoms with E-state index in [9.17, 15) is 43.7 Å². The Balaban J connectivity index is 3.73. The molecular weight excluding hydrogens is 1140 g/mol. The molecular formula is C69H131N2O16P. The number of esters is 1. The van der Waals surface area contributed by atoms with Crippen LogP contribution >= 0.6 is 7.82 Å². The molecule has 0 fully saturated rings. The first kappa shape index (κ1) is 83.5. The minimum absolute atomic E-state index is 0.0900. The highest BCUT2D eigenvalue weighted by Gasteiger charge is 2.46. The standard InChI is InChI=1S/C69H131N2O16P/c1-7-13-19-25-28-31-34-37-40-46-57(81-49-43-22-16-10-4)52-62(73)70-60(68(76)77)56-84-69-65(71-63(74)53-58(82-50-44-23-17-11-5)47-41-38-35-32-29-26-20-14-8-2)67(66(61(55-72)85-69)87-88(78,79)80)86-64(75)54-59(83-51-45-24-18-12-6)48-42-39-36-33-30-27-21-15-9-3/h57-61,66,69,72H,7-56H2,1-6H3,(H,70,73)(H,71,74)(H,76,77)(H2,78,79,80)/t57-,58-,59-,60+,61?,66-,69-/m1/s1. The first-order valence-corrected chi connectivity index (χ1v) is 37.4. The number of hydrogen-bond donors (Lipinski definition) is 6. The van der Waals surface area contributed by atoms with Gasteiger partial charge in [0, 0.05) is 19.8 Å². The molecule has 88 heavy (non-hydrogen) atoms. The smallest absolute Gasteiger partial charge is 0.470 e. The number of aliphatic hydroxyl groups excluding tert-OH is 1. The summed E-state index contributed by atoms with van der Waals surface area (Å²) in [6.07, 6.45) is 36.1. The number of carbonyl (C=O) groups excluding carboxylic acids is 3. The Bertz CT molecular complexity index is 1790. The van der Waals surface area contributed by atoms with Crippen LogP contribution in [-0.4, -0.2) is 120 Å². The fraction of sp³-hybridized carbons (Fsp3) is 0.913. The molecule has 1 unspecified atom stereocenters. The minimum atomic E-state index is -5.46. The van der Waals surface area contributed by atoms with E-state index < -0.39 is 99.1 Å². The van der Waals surface area contributed by atoms with Crippen LogP contribution in [0.3, 0.4) is 0 Å². The van der Waals surface area contributed by atoms with Crippen molar-refractivity contribution in [2.24, 2.45) is 0 Å². The third-order valence-electron chi connectivity index (χ3n) is 16.5. The second-order valence-corrected chi connectivity index (χ2v) is 26.1. The van der Waals surface area contributed by atoms with Gasteiger partial charge in [-0.05, 0) is 38.5 Å². The molecule has 0 saturated carbocycles. The fourth-order valence-electron chi connectivity index (χ4n) is 11.2. The lowest BCUT2D eigenvalue weighted by Gasteiger charge is -2.38. The second-order valence-electron chi connectivity index (χ2n) is 24.9. The molecule has 0 aromatic heterocycles. The van der Waals surface area contributed by atoms with Gasteiger partial charge in [0.05, 0.1) is 50.8 Å². The Hall–Kier alpha value is -2.51. The molecule has 0 bridgehead atoms. The van der Waals surface area contributed by atoms with Crippen LogP contribution in [0.1, 0.15) is 330 Å². The number of unbranched alkanes of at least 4 members (excludes halogenated alkanes) is 33. The lowest BCUT2D eigenvalue weighted by atomic mass is 10.0. The summed E-state index contributed by atoms with van der Waals surface area (Å²) < 4.78 is 55.4. The van der Waals surface area contributed by atoms with E-state index in [1.807, 2.05) is 0 Å². The van der Waals surface area contributed by atoms with E-state index in [4.69, 9.17) is 32.9 Å². The zero-order valence-corrected chi connectivity index (χ0v) is 57.4. The van der Waals surface area contributed by atoms with Gasteiger partial charge in [-0.15, -0.1) is 0 Å². The third kappa shape index (κ3) is 45.7. The maximum Gasteiger partial charge on any atom is 0.470 e. The number of carbonyl (C=O) groups is 4. The molecule has 1 rings (SSSR count). The first-order chi connectivity index (χ1) is 42.7. The van der Waals surface area contributed by atoms with E-state index in [1.54, 1.807) is 0 Å². The molecule has 518 valence electrons. The molecule has 0 saturated heterocycles. The largest absolute Gasteiger partial charge is 0.480 e. The van der Waals surface area contributed by atoms with Crippen LogP contribution in [0.15, 0.2) is 11.5 Å². The highest BCUT2D eigenvalue weighted by molar-refractivity contribution is 7.46. The Morgan fingerprint density at radius 2 is 0.830 bits per heavy atom. The van der Waals surface area contributed by atoms with Crippen LogP contribution in [0.2, 0.25) is 0 Å². The molecule has 1 aliphatic rings. The van der Waals surface area contributed by atoms with Crippen molar-refractivity contribution in [2.45, 2.75) is 373 Å². The van der Waals surface area contributed by atoms with Gasteiger partial charge in [0.15, 0.2) is 17.9 Å². The summed E-state index contributed by atoms with van der Waals surface area (Å²) in [6, 6.07) is -1.66. The van der Waals surface area contributed by atoms with E-state index in [0.717, 1.165) is 154 Å². The van der Waals surface area contributed by atoms with Gasteiger partial charge in [-0.2, -0.15) is 0 Å². The molecule has 0 spiro atoms. The number of aliphatic carboxylic acids is 1. The quantitative estimate of drug-likeness (QED) is 0.0188. The van der Waals surface area contributed by atoms with Crippen molar-refractivity contribution in [3.63, 3.8) is 0 Å². The summed E-state index contributed by atoms with van der Waals surface area (Å²) in [5.74, 6) is -4.11. The molecule has 0 aliphatic carbocycles. The predicted octanol–water partition coefficient (Wildman–Crippen LogP) is 16.5. The Labute approximate surface area is 534 Å². The van der Waals surface area contributed by atoms with E-state index in [0.29, 0.717) is 39.1 Å². The lowest BCUT2D eigenvalue weighted by Crippen LogP contribution is -2.52. The third-order valence-corrected chi connectivity index (χ3v) is 17.0. The van der Waals surface area contributed by atoms with E-state index in [1.165, 1.54) is 96.3 Å². The highest BCUT2D eigenvalue weighted by atomic mass is 31.2. The summed E-state index contributed by atoms with van der Waals surface area (Å²) in [4.78, 5) is 76.5. The van der Waals surface area contributed by atoms with Gasteiger partial charge in [-0.1, -0.05) is 273 Å². The van der Waals surface area contributed by atoms with Crippen molar-refractivity contribution in [3.05, 3.63) is 11.5 Å². The Morgan fingerprint density at radius 1 is 0.489 bits per heavy atom. The van der Waals surface area contributed by atoms with Gasteiger partial charge in [0.1, 0.15) is 11.8 Å². The van der Waals surface area contributed by atoms with Crippen molar-refractivity contribution in [1.29, 1.82) is 0 Å². The molecule has 1 heterocycles. The summed E-state index contributed by atoms with van der Waals surface area (Å²) in [5, 5.41) is 26.7.